The van der Waals surface area contributed by atoms with Crippen LogP contribution in [0.3, 0.4) is 0 Å². The molecule has 0 radical (unpaired) electrons. The Morgan fingerprint density at radius 3 is 2.19 bits per heavy atom. The molecule has 2 aromatic rings. The zero-order valence-corrected chi connectivity index (χ0v) is 18.9. The van der Waals surface area contributed by atoms with Crippen LogP contribution in [-0.2, 0) is 4.79 Å². The molecule has 0 spiro atoms. The number of rotatable bonds is 5. The lowest BCUT2D eigenvalue weighted by Gasteiger charge is -2.38. The van der Waals surface area contributed by atoms with Gasteiger partial charge in [-0.15, -0.1) is 0 Å². The van der Waals surface area contributed by atoms with Crippen LogP contribution in [0.4, 0.5) is 17.5 Å². The maximum absolute atomic E-state index is 12.8. The zero-order valence-electron chi connectivity index (χ0n) is 18.9. The maximum Gasteiger partial charge on any atom is 0.236 e. The number of anilines is 3. The summed E-state index contributed by atoms with van der Waals surface area (Å²) in [6, 6.07) is 12.4. The molecule has 1 amide bonds. The molecule has 0 unspecified atom stereocenters. The van der Waals surface area contributed by atoms with E-state index < -0.39 is 0 Å². The first-order valence-electron chi connectivity index (χ1n) is 11.1. The fourth-order valence-corrected chi connectivity index (χ4v) is 4.16. The van der Waals surface area contributed by atoms with Gasteiger partial charge in [0.2, 0.25) is 11.9 Å². The van der Waals surface area contributed by atoms with Crippen molar-refractivity contribution in [1.29, 1.82) is 0 Å². The lowest BCUT2D eigenvalue weighted by atomic mass is 10.2. The third-order valence-corrected chi connectivity index (χ3v) is 6.05. The van der Waals surface area contributed by atoms with Gasteiger partial charge < -0.3 is 19.6 Å². The molecule has 8 nitrogen and oxygen atoms in total. The van der Waals surface area contributed by atoms with Crippen LogP contribution in [0, 0.1) is 6.92 Å². The van der Waals surface area contributed by atoms with E-state index in [1.165, 1.54) is 5.69 Å². The average molecular weight is 424 g/mol. The number of aryl methyl sites for hydroxylation is 1. The summed E-state index contributed by atoms with van der Waals surface area (Å²) in [6.07, 6.45) is 0. The third kappa shape index (κ3) is 5.25. The van der Waals surface area contributed by atoms with Crippen molar-refractivity contribution in [2.75, 3.05) is 87.7 Å². The highest BCUT2D eigenvalue weighted by Gasteiger charge is 2.25. The molecule has 1 aromatic heterocycles. The molecule has 3 heterocycles. The van der Waals surface area contributed by atoms with Crippen molar-refractivity contribution in [1.82, 2.24) is 19.8 Å². The van der Waals surface area contributed by atoms with E-state index in [1.807, 2.05) is 43.0 Å². The molecule has 2 aliphatic rings. The third-order valence-electron chi connectivity index (χ3n) is 6.05. The Bertz CT molecular complexity index is 873. The van der Waals surface area contributed by atoms with Gasteiger partial charge in [0, 0.05) is 83.9 Å². The molecular formula is C23H33N7O. The second-order valence-electron chi connectivity index (χ2n) is 8.53. The van der Waals surface area contributed by atoms with Gasteiger partial charge in [-0.2, -0.15) is 4.98 Å². The Kier molecular flexibility index (Phi) is 6.56. The number of para-hydroxylation sites is 1. The number of aromatic nitrogens is 2. The monoisotopic (exact) mass is 423 g/mol. The van der Waals surface area contributed by atoms with Gasteiger partial charge in [-0.3, -0.25) is 9.69 Å². The molecule has 2 aliphatic heterocycles. The normalized spacial score (nSPS) is 17.7. The minimum atomic E-state index is 0.239. The van der Waals surface area contributed by atoms with Crippen molar-refractivity contribution in [3.8, 4) is 0 Å². The Morgan fingerprint density at radius 1 is 0.903 bits per heavy atom. The minimum Gasteiger partial charge on any atom is -0.368 e. The summed E-state index contributed by atoms with van der Waals surface area (Å²) in [5.74, 6) is 1.95. The van der Waals surface area contributed by atoms with Gasteiger partial charge in [0.1, 0.15) is 5.82 Å². The van der Waals surface area contributed by atoms with Crippen LogP contribution in [0.1, 0.15) is 5.69 Å². The first kappa shape index (κ1) is 21.4. The lowest BCUT2D eigenvalue weighted by molar-refractivity contribution is -0.132. The molecule has 0 bridgehead atoms. The number of hydrogen-bond acceptors (Lipinski definition) is 7. The number of piperazine rings is 2. The quantitative estimate of drug-likeness (QED) is 0.719. The lowest BCUT2D eigenvalue weighted by Crippen LogP contribution is -2.54. The fraction of sp³-hybridized carbons (Fsp3) is 0.522. The van der Waals surface area contributed by atoms with Crippen LogP contribution in [0.15, 0.2) is 36.4 Å². The van der Waals surface area contributed by atoms with Gasteiger partial charge >= 0.3 is 0 Å². The molecule has 2 fully saturated rings. The molecule has 8 heteroatoms. The van der Waals surface area contributed by atoms with Crippen LogP contribution in [0.5, 0.6) is 0 Å². The summed E-state index contributed by atoms with van der Waals surface area (Å²) in [6.45, 7) is 9.24. The summed E-state index contributed by atoms with van der Waals surface area (Å²) < 4.78 is 0. The first-order valence-corrected chi connectivity index (χ1v) is 11.1. The summed E-state index contributed by atoms with van der Waals surface area (Å²) in [4.78, 5) is 33.0. The number of hydrogen-bond donors (Lipinski definition) is 0. The highest BCUT2D eigenvalue weighted by atomic mass is 16.2. The second-order valence-corrected chi connectivity index (χ2v) is 8.53. The second kappa shape index (κ2) is 9.51. The van der Waals surface area contributed by atoms with Crippen LogP contribution >= 0.6 is 0 Å². The van der Waals surface area contributed by atoms with E-state index in [0.717, 1.165) is 69.8 Å². The van der Waals surface area contributed by atoms with Crippen molar-refractivity contribution < 1.29 is 4.79 Å². The smallest absolute Gasteiger partial charge is 0.236 e. The Morgan fingerprint density at radius 2 is 1.55 bits per heavy atom. The van der Waals surface area contributed by atoms with Gasteiger partial charge in [-0.05, 0) is 19.1 Å². The van der Waals surface area contributed by atoms with E-state index in [9.17, 15) is 4.79 Å². The van der Waals surface area contributed by atoms with E-state index in [1.54, 1.807) is 0 Å². The largest absolute Gasteiger partial charge is 0.368 e. The molecule has 0 atom stereocenters. The maximum atomic E-state index is 12.8. The van der Waals surface area contributed by atoms with Crippen LogP contribution in [-0.4, -0.2) is 98.7 Å². The Hall–Kier alpha value is -2.87. The van der Waals surface area contributed by atoms with Crippen LogP contribution < -0.4 is 14.7 Å². The van der Waals surface area contributed by atoms with E-state index in [-0.39, 0.29) is 5.91 Å². The summed E-state index contributed by atoms with van der Waals surface area (Å²) in [5.41, 5.74) is 2.21. The van der Waals surface area contributed by atoms with Gasteiger partial charge in [0.05, 0.1) is 6.54 Å². The topological polar surface area (TPSA) is 59.1 Å². The molecule has 0 N–H and O–H groups in total. The SMILES string of the molecule is Cc1cc(N(C)C)nc(N2CCN(CC(=O)N3CCN(c4ccccc4)CC3)CC2)n1. The van der Waals surface area contributed by atoms with E-state index in [0.29, 0.717) is 6.54 Å². The van der Waals surface area contributed by atoms with E-state index >= 15 is 0 Å². The number of carbonyl (C=O) groups is 1. The summed E-state index contributed by atoms with van der Waals surface area (Å²) in [7, 11) is 3.99. The highest BCUT2D eigenvalue weighted by molar-refractivity contribution is 5.78. The molecule has 166 valence electrons. The van der Waals surface area contributed by atoms with Gasteiger partial charge in [-0.1, -0.05) is 18.2 Å². The predicted molar refractivity (Wildman–Crippen MR) is 125 cm³/mol. The molecule has 1 aromatic carbocycles. The molecule has 4 rings (SSSR count). The Labute approximate surface area is 185 Å². The highest BCUT2D eigenvalue weighted by Crippen LogP contribution is 2.18. The van der Waals surface area contributed by atoms with E-state index in [4.69, 9.17) is 4.98 Å². The summed E-state index contributed by atoms with van der Waals surface area (Å²) >= 11 is 0. The van der Waals surface area contributed by atoms with Crippen LogP contribution in [0.2, 0.25) is 0 Å². The minimum absolute atomic E-state index is 0.239. The van der Waals surface area contributed by atoms with Crippen molar-refractivity contribution >= 4 is 23.4 Å². The average Bonchev–Trinajstić information content (AvgIpc) is 2.80. The molecule has 0 saturated carbocycles. The molecular weight excluding hydrogens is 390 g/mol. The fourth-order valence-electron chi connectivity index (χ4n) is 4.16. The summed E-state index contributed by atoms with van der Waals surface area (Å²) in [5, 5.41) is 0. The molecule has 0 aliphatic carbocycles. The van der Waals surface area contributed by atoms with Crippen molar-refractivity contribution in [3.05, 3.63) is 42.1 Å². The van der Waals surface area contributed by atoms with Crippen molar-refractivity contribution in [3.63, 3.8) is 0 Å². The van der Waals surface area contributed by atoms with E-state index in [2.05, 4.69) is 43.9 Å². The van der Waals surface area contributed by atoms with Gasteiger partial charge in [-0.25, -0.2) is 4.98 Å². The first-order chi connectivity index (χ1) is 15.0. The Balaban J connectivity index is 1.25. The molecule has 31 heavy (non-hydrogen) atoms. The van der Waals surface area contributed by atoms with Gasteiger partial charge in [0.15, 0.2) is 0 Å². The van der Waals surface area contributed by atoms with Gasteiger partial charge in [0.25, 0.3) is 0 Å². The van der Waals surface area contributed by atoms with Crippen LogP contribution in [0.25, 0.3) is 0 Å². The number of amides is 1. The van der Waals surface area contributed by atoms with Crippen molar-refractivity contribution in [2.24, 2.45) is 0 Å². The number of benzene rings is 1. The predicted octanol–water partition coefficient (Wildman–Crippen LogP) is 1.32. The molecule has 2 saturated heterocycles. The number of carbonyl (C=O) groups excluding carboxylic acids is 1. The zero-order chi connectivity index (χ0) is 21.8. The van der Waals surface area contributed by atoms with Crippen molar-refractivity contribution in [2.45, 2.75) is 6.92 Å². The standard InChI is InChI=1S/C23H33N7O/c1-19-17-21(26(2)3)25-23(24-19)30-11-9-27(10-12-30)18-22(31)29-15-13-28(14-16-29)20-7-5-4-6-8-20/h4-8,17H,9-16,18H2,1-3H3. The number of nitrogens with zero attached hydrogens (tertiary/aromatic N) is 7.